The van der Waals surface area contributed by atoms with E-state index in [2.05, 4.69) is 5.32 Å². The lowest BCUT2D eigenvalue weighted by Gasteiger charge is -2.18. The number of hydrogen-bond acceptors (Lipinski definition) is 4. The molecular weight excluding hydrogens is 257 g/mol. The van der Waals surface area contributed by atoms with E-state index in [1.165, 1.54) is 6.07 Å². The van der Waals surface area contributed by atoms with E-state index in [9.17, 15) is 4.39 Å². The van der Waals surface area contributed by atoms with E-state index < -0.39 is 5.82 Å². The van der Waals surface area contributed by atoms with Crippen LogP contribution in [0.5, 0.6) is 0 Å². The second-order valence-electron chi connectivity index (χ2n) is 4.57. The fraction of sp³-hybridized carbons (Fsp3) is 0.500. The van der Waals surface area contributed by atoms with Gasteiger partial charge in [-0.15, -0.1) is 0 Å². The second kappa shape index (κ2) is 5.20. The summed E-state index contributed by atoms with van der Waals surface area (Å²) in [5.41, 5.74) is 12.0. The highest BCUT2D eigenvalue weighted by molar-refractivity contribution is 6.33. The van der Waals surface area contributed by atoms with Crippen LogP contribution in [0.4, 0.5) is 21.5 Å². The van der Waals surface area contributed by atoms with E-state index in [1.54, 1.807) is 7.11 Å². The molecule has 4 nitrogen and oxygen atoms in total. The Morgan fingerprint density at radius 2 is 2.11 bits per heavy atom. The third kappa shape index (κ3) is 2.47. The Kier molecular flexibility index (Phi) is 3.82. The molecule has 1 aliphatic carbocycles. The Bertz CT molecular complexity index is 455. The van der Waals surface area contributed by atoms with Crippen LogP contribution in [-0.4, -0.2) is 19.3 Å². The smallest absolute Gasteiger partial charge is 0.169 e. The minimum absolute atomic E-state index is 0.0898. The van der Waals surface area contributed by atoms with Gasteiger partial charge >= 0.3 is 0 Å². The zero-order chi connectivity index (χ0) is 13.3. The summed E-state index contributed by atoms with van der Waals surface area (Å²) >= 11 is 5.78. The Labute approximate surface area is 110 Å². The lowest BCUT2D eigenvalue weighted by molar-refractivity contribution is 0.108. The number of methoxy groups -OCH3 is 1. The Hall–Kier alpha value is -1.20. The Morgan fingerprint density at radius 3 is 2.72 bits per heavy atom. The predicted octanol–water partition coefficient (Wildman–Crippen LogP) is 2.62. The van der Waals surface area contributed by atoms with E-state index in [0.717, 1.165) is 19.3 Å². The molecule has 2 rings (SSSR count). The number of halogens is 2. The summed E-state index contributed by atoms with van der Waals surface area (Å²) in [5, 5.41) is 3.00. The molecule has 0 aromatic heterocycles. The molecule has 0 amide bonds. The molecule has 100 valence electrons. The standard InChI is InChI=1S/C12H17ClFN3O/c1-18-7-3-2-6(4-7)17-12-9(16)5-8(15)10(13)11(12)14/h5-7,17H,2-4,15-16H2,1H3. The van der Waals surface area contributed by atoms with Crippen molar-refractivity contribution < 1.29 is 9.13 Å². The van der Waals surface area contributed by atoms with Gasteiger partial charge in [-0.05, 0) is 25.3 Å². The van der Waals surface area contributed by atoms with Crippen molar-refractivity contribution in [1.82, 2.24) is 0 Å². The van der Waals surface area contributed by atoms with Crippen LogP contribution in [0.3, 0.4) is 0 Å². The quantitative estimate of drug-likeness (QED) is 0.740. The first-order chi connectivity index (χ1) is 8.52. The van der Waals surface area contributed by atoms with Gasteiger partial charge < -0.3 is 21.5 Å². The molecule has 0 saturated heterocycles. The first kappa shape index (κ1) is 13.2. The van der Waals surface area contributed by atoms with Crippen molar-refractivity contribution in [3.63, 3.8) is 0 Å². The molecule has 2 unspecified atom stereocenters. The minimum Gasteiger partial charge on any atom is -0.397 e. The number of hydrogen-bond donors (Lipinski definition) is 3. The van der Waals surface area contributed by atoms with E-state index in [4.69, 9.17) is 27.8 Å². The van der Waals surface area contributed by atoms with Gasteiger partial charge in [-0.2, -0.15) is 0 Å². The highest BCUT2D eigenvalue weighted by atomic mass is 35.5. The third-order valence-corrected chi connectivity index (χ3v) is 3.72. The molecule has 1 saturated carbocycles. The van der Waals surface area contributed by atoms with Crippen LogP contribution in [0.15, 0.2) is 6.07 Å². The van der Waals surface area contributed by atoms with Crippen molar-refractivity contribution in [3.8, 4) is 0 Å². The van der Waals surface area contributed by atoms with E-state index in [1.807, 2.05) is 0 Å². The molecule has 6 heteroatoms. The first-order valence-electron chi connectivity index (χ1n) is 5.85. The summed E-state index contributed by atoms with van der Waals surface area (Å²) in [7, 11) is 1.68. The Balaban J connectivity index is 2.17. The number of nitrogen functional groups attached to an aromatic ring is 2. The lowest BCUT2D eigenvalue weighted by Crippen LogP contribution is -2.19. The summed E-state index contributed by atoms with van der Waals surface area (Å²) in [6.45, 7) is 0. The largest absolute Gasteiger partial charge is 0.397 e. The molecule has 18 heavy (non-hydrogen) atoms. The average Bonchev–Trinajstić information content (AvgIpc) is 2.80. The van der Waals surface area contributed by atoms with Gasteiger partial charge in [0.25, 0.3) is 0 Å². The average molecular weight is 274 g/mol. The van der Waals surface area contributed by atoms with E-state index in [-0.39, 0.29) is 34.2 Å². The van der Waals surface area contributed by atoms with Gasteiger partial charge in [0.15, 0.2) is 5.82 Å². The molecule has 1 aromatic carbocycles. The summed E-state index contributed by atoms with van der Waals surface area (Å²) in [4.78, 5) is 0. The normalized spacial score (nSPS) is 23.3. The molecule has 2 atom stereocenters. The molecule has 0 aliphatic heterocycles. The van der Waals surface area contributed by atoms with E-state index >= 15 is 0 Å². The maximum atomic E-state index is 14.0. The fourth-order valence-corrected chi connectivity index (χ4v) is 2.45. The molecule has 0 bridgehead atoms. The fourth-order valence-electron chi connectivity index (χ4n) is 2.30. The van der Waals surface area contributed by atoms with Crippen LogP contribution in [-0.2, 0) is 4.74 Å². The van der Waals surface area contributed by atoms with Crippen LogP contribution in [0.2, 0.25) is 5.02 Å². The zero-order valence-corrected chi connectivity index (χ0v) is 10.9. The van der Waals surface area contributed by atoms with Gasteiger partial charge in [-0.3, -0.25) is 0 Å². The van der Waals surface area contributed by atoms with Gasteiger partial charge in [-0.1, -0.05) is 11.6 Å². The zero-order valence-electron chi connectivity index (χ0n) is 10.2. The van der Waals surface area contributed by atoms with Crippen molar-refractivity contribution in [1.29, 1.82) is 0 Å². The Morgan fingerprint density at radius 1 is 1.39 bits per heavy atom. The third-order valence-electron chi connectivity index (χ3n) is 3.33. The van der Waals surface area contributed by atoms with Crippen molar-refractivity contribution >= 4 is 28.7 Å². The molecule has 1 aliphatic rings. The highest BCUT2D eigenvalue weighted by Gasteiger charge is 2.26. The summed E-state index contributed by atoms with van der Waals surface area (Å²) in [6.07, 6.45) is 2.92. The van der Waals surface area contributed by atoms with Crippen molar-refractivity contribution in [2.75, 3.05) is 23.9 Å². The first-order valence-corrected chi connectivity index (χ1v) is 6.23. The van der Waals surface area contributed by atoms with Crippen LogP contribution in [0.25, 0.3) is 0 Å². The van der Waals surface area contributed by atoms with Gasteiger partial charge in [0.1, 0.15) is 5.02 Å². The van der Waals surface area contributed by atoms with Crippen LogP contribution in [0, 0.1) is 5.82 Å². The number of nitrogens with one attached hydrogen (secondary N) is 1. The van der Waals surface area contributed by atoms with Crippen molar-refractivity contribution in [2.45, 2.75) is 31.4 Å². The van der Waals surface area contributed by atoms with Crippen LogP contribution in [0.1, 0.15) is 19.3 Å². The summed E-state index contributed by atoms with van der Waals surface area (Å²) in [6, 6.07) is 1.61. The lowest BCUT2D eigenvalue weighted by atomic mass is 10.2. The molecule has 1 fully saturated rings. The van der Waals surface area contributed by atoms with Gasteiger partial charge in [-0.25, -0.2) is 4.39 Å². The monoisotopic (exact) mass is 273 g/mol. The van der Waals surface area contributed by atoms with Gasteiger partial charge in [0.05, 0.1) is 23.2 Å². The number of anilines is 3. The van der Waals surface area contributed by atoms with Crippen LogP contribution >= 0.6 is 11.6 Å². The maximum absolute atomic E-state index is 14.0. The highest BCUT2D eigenvalue weighted by Crippen LogP contribution is 2.35. The number of benzene rings is 1. The molecule has 1 aromatic rings. The van der Waals surface area contributed by atoms with Crippen LogP contribution < -0.4 is 16.8 Å². The SMILES string of the molecule is COC1CCC(Nc2c(N)cc(N)c(Cl)c2F)C1. The molecule has 5 N–H and O–H groups in total. The number of nitrogens with two attached hydrogens (primary N) is 2. The maximum Gasteiger partial charge on any atom is 0.169 e. The second-order valence-corrected chi connectivity index (χ2v) is 4.95. The molecule has 0 radical (unpaired) electrons. The molecule has 0 spiro atoms. The van der Waals surface area contributed by atoms with Crippen molar-refractivity contribution in [3.05, 3.63) is 16.9 Å². The summed E-state index contributed by atoms with van der Waals surface area (Å²) < 4.78 is 19.2. The topological polar surface area (TPSA) is 73.3 Å². The van der Waals surface area contributed by atoms with E-state index in [0.29, 0.717) is 0 Å². The predicted molar refractivity (Wildman–Crippen MR) is 72.3 cm³/mol. The number of ether oxygens (including phenoxy) is 1. The summed E-state index contributed by atoms with van der Waals surface area (Å²) in [5.74, 6) is -0.588. The van der Waals surface area contributed by atoms with Crippen molar-refractivity contribution in [2.24, 2.45) is 0 Å². The number of rotatable bonds is 3. The molecule has 0 heterocycles. The minimum atomic E-state index is -0.588. The molecular formula is C12H17ClFN3O. The van der Waals surface area contributed by atoms with Gasteiger partial charge in [0.2, 0.25) is 0 Å². The van der Waals surface area contributed by atoms with Gasteiger partial charge in [0, 0.05) is 13.2 Å².